The van der Waals surface area contributed by atoms with Crippen LogP contribution in [0.25, 0.3) is 0 Å². The summed E-state index contributed by atoms with van der Waals surface area (Å²) in [6.07, 6.45) is 0. The lowest BCUT2D eigenvalue weighted by Crippen LogP contribution is -2.30. The molecule has 0 saturated carbocycles. The van der Waals surface area contributed by atoms with Crippen LogP contribution in [0.1, 0.15) is 27.7 Å². The molecule has 3 heteroatoms. The first-order chi connectivity index (χ1) is 5.33. The van der Waals surface area contributed by atoms with Crippen molar-refractivity contribution in [2.24, 2.45) is 5.41 Å². The lowest BCUT2D eigenvalue weighted by atomic mass is 10.0. The van der Waals surface area contributed by atoms with Crippen molar-refractivity contribution in [2.75, 3.05) is 11.5 Å². The normalized spacial score (nSPS) is 42.2. The highest BCUT2D eigenvalue weighted by Gasteiger charge is 2.36. The maximum absolute atomic E-state index is 10.00. The van der Waals surface area contributed by atoms with Crippen LogP contribution in [-0.2, 0) is 0 Å². The molecule has 2 atom stereocenters. The van der Waals surface area contributed by atoms with Gasteiger partial charge in [0.2, 0.25) is 0 Å². The van der Waals surface area contributed by atoms with Crippen molar-refractivity contribution in [1.29, 1.82) is 0 Å². The zero-order valence-corrected chi connectivity index (χ0v) is 9.89. The van der Waals surface area contributed by atoms with Crippen molar-refractivity contribution in [1.82, 2.24) is 0 Å². The Morgan fingerprint density at radius 1 is 1.25 bits per heavy atom. The molecule has 0 aromatic rings. The van der Waals surface area contributed by atoms with E-state index in [4.69, 9.17) is 0 Å². The third kappa shape index (κ3) is 2.57. The summed E-state index contributed by atoms with van der Waals surface area (Å²) < 4.78 is 0. The molecule has 1 rings (SSSR count). The van der Waals surface area contributed by atoms with Gasteiger partial charge in [0.1, 0.15) is 4.93 Å². The minimum Gasteiger partial charge on any atom is -0.379 e. The molecular weight excluding hydrogens is 188 g/mol. The predicted octanol–water partition coefficient (Wildman–Crippen LogP) is 2.59. The molecule has 0 aromatic heterocycles. The number of aliphatic hydroxyl groups is 1. The van der Waals surface area contributed by atoms with Crippen LogP contribution < -0.4 is 0 Å². The van der Waals surface area contributed by atoms with E-state index in [9.17, 15) is 5.11 Å². The van der Waals surface area contributed by atoms with Crippen LogP contribution in [0.3, 0.4) is 0 Å². The van der Waals surface area contributed by atoms with Gasteiger partial charge in [0.15, 0.2) is 0 Å². The molecule has 2 unspecified atom stereocenters. The molecule has 0 bridgehead atoms. The summed E-state index contributed by atoms with van der Waals surface area (Å²) >= 11 is 3.57. The minimum absolute atomic E-state index is 0.337. The molecule has 1 aliphatic heterocycles. The van der Waals surface area contributed by atoms with Crippen molar-refractivity contribution in [2.45, 2.75) is 37.9 Å². The first-order valence-corrected chi connectivity index (χ1v) is 6.35. The Morgan fingerprint density at radius 3 is 2.42 bits per heavy atom. The molecule has 1 saturated heterocycles. The third-order valence-corrected chi connectivity index (χ3v) is 6.15. The molecule has 1 nitrogen and oxygen atoms in total. The minimum atomic E-state index is -0.543. The maximum Gasteiger partial charge on any atom is 0.119 e. The summed E-state index contributed by atoms with van der Waals surface area (Å²) in [6.45, 7) is 8.57. The summed E-state index contributed by atoms with van der Waals surface area (Å²) in [5.74, 6) is 2.20. The van der Waals surface area contributed by atoms with Crippen molar-refractivity contribution < 1.29 is 5.11 Å². The van der Waals surface area contributed by atoms with Crippen LogP contribution in [0.5, 0.6) is 0 Å². The van der Waals surface area contributed by atoms with Crippen LogP contribution in [0.4, 0.5) is 0 Å². The monoisotopic (exact) mass is 206 g/mol. The van der Waals surface area contributed by atoms with Crippen LogP contribution in [-0.4, -0.2) is 26.8 Å². The lowest BCUT2D eigenvalue weighted by Gasteiger charge is -2.26. The van der Waals surface area contributed by atoms with Crippen LogP contribution >= 0.6 is 23.5 Å². The summed E-state index contributed by atoms with van der Waals surface area (Å²) in [6, 6.07) is 0. The van der Waals surface area contributed by atoms with Crippen LogP contribution in [0.2, 0.25) is 0 Å². The quantitative estimate of drug-likeness (QED) is 0.658. The van der Waals surface area contributed by atoms with E-state index in [2.05, 4.69) is 20.8 Å². The zero-order valence-electron chi connectivity index (χ0n) is 8.26. The van der Waals surface area contributed by atoms with Crippen molar-refractivity contribution in [3.8, 4) is 0 Å². The van der Waals surface area contributed by atoms with E-state index in [1.807, 2.05) is 18.7 Å². The van der Waals surface area contributed by atoms with Crippen molar-refractivity contribution in [3.05, 3.63) is 0 Å². The highest BCUT2D eigenvalue weighted by Crippen LogP contribution is 2.43. The smallest absolute Gasteiger partial charge is 0.119 e. The SMILES string of the molecule is CC1SCC(C)(C)CSC1(C)O. The summed E-state index contributed by atoms with van der Waals surface area (Å²) in [5, 5.41) is 10.3. The van der Waals surface area contributed by atoms with E-state index in [1.54, 1.807) is 11.8 Å². The number of hydrogen-bond donors (Lipinski definition) is 1. The van der Waals surface area contributed by atoms with Crippen molar-refractivity contribution in [3.63, 3.8) is 0 Å². The summed E-state index contributed by atoms with van der Waals surface area (Å²) in [4.78, 5) is -0.543. The molecule has 72 valence electrons. The first kappa shape index (κ1) is 10.7. The molecule has 0 aromatic carbocycles. The van der Waals surface area contributed by atoms with Gasteiger partial charge >= 0.3 is 0 Å². The van der Waals surface area contributed by atoms with Gasteiger partial charge in [-0.2, -0.15) is 11.8 Å². The molecule has 0 amide bonds. The van der Waals surface area contributed by atoms with Crippen molar-refractivity contribution >= 4 is 23.5 Å². The van der Waals surface area contributed by atoms with Gasteiger partial charge in [-0.1, -0.05) is 13.8 Å². The molecule has 0 radical (unpaired) electrons. The van der Waals surface area contributed by atoms with Crippen LogP contribution in [0, 0.1) is 5.41 Å². The zero-order chi connectivity index (χ0) is 9.41. The van der Waals surface area contributed by atoms with Gasteiger partial charge in [-0.3, -0.25) is 0 Å². The van der Waals surface area contributed by atoms with E-state index < -0.39 is 4.93 Å². The van der Waals surface area contributed by atoms with Gasteiger partial charge in [-0.25, -0.2) is 0 Å². The third-order valence-electron chi connectivity index (χ3n) is 2.23. The standard InChI is InChI=1S/C9H18OS2/c1-7-9(4,10)12-6-8(2,3)5-11-7/h7,10H,5-6H2,1-4H3. The molecular formula is C9H18OS2. The van der Waals surface area contributed by atoms with Gasteiger partial charge in [0.05, 0.1) is 0 Å². The van der Waals surface area contributed by atoms with Gasteiger partial charge in [0.25, 0.3) is 0 Å². The molecule has 1 N–H and O–H groups in total. The highest BCUT2D eigenvalue weighted by atomic mass is 32.2. The van der Waals surface area contributed by atoms with Gasteiger partial charge < -0.3 is 5.11 Å². The molecule has 0 spiro atoms. The van der Waals surface area contributed by atoms with E-state index >= 15 is 0 Å². The van der Waals surface area contributed by atoms with Gasteiger partial charge in [0, 0.05) is 11.0 Å². The summed E-state index contributed by atoms with van der Waals surface area (Å²) in [7, 11) is 0. The Labute approximate surface area is 83.7 Å². The van der Waals surface area contributed by atoms with Crippen LogP contribution in [0.15, 0.2) is 0 Å². The Bertz CT molecular complexity index is 166. The number of hydrogen-bond acceptors (Lipinski definition) is 3. The largest absolute Gasteiger partial charge is 0.379 e. The lowest BCUT2D eigenvalue weighted by molar-refractivity contribution is 0.160. The average molecular weight is 206 g/mol. The molecule has 0 aliphatic carbocycles. The Balaban J connectivity index is 2.66. The number of thioether (sulfide) groups is 2. The van der Waals surface area contributed by atoms with E-state index in [0.29, 0.717) is 10.7 Å². The Kier molecular flexibility index (Phi) is 3.07. The topological polar surface area (TPSA) is 20.2 Å². The second-order valence-electron chi connectivity index (χ2n) is 4.46. The van der Waals surface area contributed by atoms with E-state index in [-0.39, 0.29) is 0 Å². The first-order valence-electron chi connectivity index (χ1n) is 4.31. The predicted molar refractivity (Wildman–Crippen MR) is 58.8 cm³/mol. The molecule has 1 fully saturated rings. The van der Waals surface area contributed by atoms with Gasteiger partial charge in [-0.05, 0) is 25.0 Å². The second kappa shape index (κ2) is 3.43. The highest BCUT2D eigenvalue weighted by molar-refractivity contribution is 8.04. The second-order valence-corrected chi connectivity index (χ2v) is 7.19. The Morgan fingerprint density at radius 2 is 1.83 bits per heavy atom. The van der Waals surface area contributed by atoms with E-state index in [0.717, 1.165) is 11.5 Å². The fraction of sp³-hybridized carbons (Fsp3) is 1.00. The summed E-state index contributed by atoms with van der Waals surface area (Å²) in [5.41, 5.74) is 0.365. The fourth-order valence-electron chi connectivity index (χ4n) is 1.01. The number of rotatable bonds is 0. The maximum atomic E-state index is 10.00. The van der Waals surface area contributed by atoms with E-state index in [1.165, 1.54) is 0 Å². The molecule has 1 heterocycles. The fourth-order valence-corrected chi connectivity index (χ4v) is 3.68. The molecule has 12 heavy (non-hydrogen) atoms. The van der Waals surface area contributed by atoms with Gasteiger partial charge in [-0.15, -0.1) is 11.8 Å². The Hall–Kier alpha value is 0.660. The average Bonchev–Trinajstić information content (AvgIpc) is 2.03. The molecule has 1 aliphatic rings.